The third-order valence-corrected chi connectivity index (χ3v) is 3.71. The molecule has 0 spiro atoms. The van der Waals surface area contributed by atoms with Gasteiger partial charge >= 0.3 is 0 Å². The number of rotatable bonds is 7. The molecule has 2 heteroatoms. The fourth-order valence-electron chi connectivity index (χ4n) is 2.39. The summed E-state index contributed by atoms with van der Waals surface area (Å²) in [5, 5.41) is 3.67. The monoisotopic (exact) mass is 227 g/mol. The van der Waals surface area contributed by atoms with Crippen LogP contribution >= 0.6 is 0 Å². The molecule has 0 amide bonds. The first-order chi connectivity index (χ1) is 7.47. The normalized spacial score (nSPS) is 19.5. The van der Waals surface area contributed by atoms with Gasteiger partial charge in [0.25, 0.3) is 0 Å². The average Bonchev–Trinajstić information content (AvgIpc) is 2.13. The van der Waals surface area contributed by atoms with Crippen molar-refractivity contribution in [1.29, 1.82) is 0 Å². The summed E-state index contributed by atoms with van der Waals surface area (Å²) < 4.78 is 5.11. The highest BCUT2D eigenvalue weighted by atomic mass is 16.5. The average molecular weight is 227 g/mol. The molecular formula is C14H29NO. The highest BCUT2D eigenvalue weighted by Crippen LogP contribution is 2.44. The van der Waals surface area contributed by atoms with E-state index in [1.54, 1.807) is 7.11 Å². The van der Waals surface area contributed by atoms with Gasteiger partial charge in [0.1, 0.15) is 0 Å². The third-order valence-electron chi connectivity index (χ3n) is 3.71. The molecule has 0 saturated heterocycles. The SMILES string of the molecule is COCCCCC1(CNC(C)(C)C)CCC1. The van der Waals surface area contributed by atoms with E-state index in [1.807, 2.05) is 0 Å². The zero-order chi connectivity index (χ0) is 12.1. The Bertz CT molecular complexity index is 191. The molecule has 1 rings (SSSR count). The van der Waals surface area contributed by atoms with E-state index in [0.29, 0.717) is 5.41 Å². The van der Waals surface area contributed by atoms with Crippen molar-refractivity contribution in [3.05, 3.63) is 0 Å². The second-order valence-corrected chi connectivity index (χ2v) is 6.41. The lowest BCUT2D eigenvalue weighted by Crippen LogP contribution is -2.46. The number of methoxy groups -OCH3 is 1. The van der Waals surface area contributed by atoms with E-state index in [4.69, 9.17) is 4.74 Å². The van der Waals surface area contributed by atoms with E-state index in [9.17, 15) is 0 Å². The summed E-state index contributed by atoms with van der Waals surface area (Å²) in [6.07, 6.45) is 8.18. The standard InChI is InChI=1S/C14H29NO/c1-13(2,3)15-12-14(9-7-10-14)8-5-6-11-16-4/h15H,5-12H2,1-4H3. The molecule has 0 aromatic heterocycles. The molecule has 0 aromatic rings. The Labute approximate surface area is 101 Å². The van der Waals surface area contributed by atoms with E-state index in [0.717, 1.165) is 6.61 Å². The fraction of sp³-hybridized carbons (Fsp3) is 1.00. The van der Waals surface area contributed by atoms with Crippen LogP contribution in [-0.4, -0.2) is 25.8 Å². The van der Waals surface area contributed by atoms with Gasteiger partial charge in [0.2, 0.25) is 0 Å². The van der Waals surface area contributed by atoms with E-state index in [2.05, 4.69) is 26.1 Å². The molecule has 1 aliphatic carbocycles. The Morgan fingerprint density at radius 2 is 1.88 bits per heavy atom. The van der Waals surface area contributed by atoms with Gasteiger partial charge in [-0.2, -0.15) is 0 Å². The molecule has 0 aromatic carbocycles. The minimum Gasteiger partial charge on any atom is -0.385 e. The number of ether oxygens (including phenoxy) is 1. The lowest BCUT2D eigenvalue weighted by molar-refractivity contribution is 0.0968. The molecule has 1 fully saturated rings. The first kappa shape index (κ1) is 14.0. The maximum atomic E-state index is 5.11. The largest absolute Gasteiger partial charge is 0.385 e. The second kappa shape index (κ2) is 6.02. The summed E-state index contributed by atoms with van der Waals surface area (Å²) >= 11 is 0. The highest BCUT2D eigenvalue weighted by molar-refractivity contribution is 4.91. The molecule has 0 bridgehead atoms. The predicted octanol–water partition coefficient (Wildman–Crippen LogP) is 3.36. The molecule has 1 saturated carbocycles. The summed E-state index contributed by atoms with van der Waals surface area (Å²) in [4.78, 5) is 0. The van der Waals surface area contributed by atoms with Gasteiger partial charge in [-0.3, -0.25) is 0 Å². The van der Waals surface area contributed by atoms with Crippen molar-refractivity contribution in [3.8, 4) is 0 Å². The van der Waals surface area contributed by atoms with Gasteiger partial charge in [0.05, 0.1) is 0 Å². The summed E-state index contributed by atoms with van der Waals surface area (Å²) in [7, 11) is 1.79. The van der Waals surface area contributed by atoms with Crippen LogP contribution in [0.1, 0.15) is 59.3 Å². The quantitative estimate of drug-likeness (QED) is 0.673. The van der Waals surface area contributed by atoms with Gasteiger partial charge in [0.15, 0.2) is 0 Å². The van der Waals surface area contributed by atoms with E-state index in [1.165, 1.54) is 45.1 Å². The Kier molecular flexibility index (Phi) is 5.26. The Morgan fingerprint density at radius 1 is 1.19 bits per heavy atom. The summed E-state index contributed by atoms with van der Waals surface area (Å²) in [6.45, 7) is 8.88. The smallest absolute Gasteiger partial charge is 0.0462 e. The van der Waals surface area contributed by atoms with Crippen LogP contribution in [0.15, 0.2) is 0 Å². The third kappa shape index (κ3) is 4.84. The Balaban J connectivity index is 2.22. The molecule has 16 heavy (non-hydrogen) atoms. The lowest BCUT2D eigenvalue weighted by Gasteiger charge is -2.44. The van der Waals surface area contributed by atoms with Crippen LogP contribution in [0, 0.1) is 5.41 Å². The van der Waals surface area contributed by atoms with Crippen molar-refractivity contribution in [2.45, 2.75) is 64.8 Å². The number of unbranched alkanes of at least 4 members (excludes halogenated alkanes) is 1. The van der Waals surface area contributed by atoms with Crippen LogP contribution < -0.4 is 5.32 Å². The van der Waals surface area contributed by atoms with Gasteiger partial charge in [-0.1, -0.05) is 12.8 Å². The van der Waals surface area contributed by atoms with Crippen LogP contribution in [0.5, 0.6) is 0 Å². The van der Waals surface area contributed by atoms with Crippen molar-refractivity contribution in [3.63, 3.8) is 0 Å². The van der Waals surface area contributed by atoms with Crippen molar-refractivity contribution in [2.24, 2.45) is 5.41 Å². The van der Waals surface area contributed by atoms with E-state index in [-0.39, 0.29) is 5.54 Å². The molecule has 0 unspecified atom stereocenters. The van der Waals surface area contributed by atoms with E-state index < -0.39 is 0 Å². The van der Waals surface area contributed by atoms with Crippen LogP contribution in [0.4, 0.5) is 0 Å². The summed E-state index contributed by atoms with van der Waals surface area (Å²) in [5.41, 5.74) is 0.871. The lowest BCUT2D eigenvalue weighted by atomic mass is 9.65. The van der Waals surface area contributed by atoms with Gasteiger partial charge < -0.3 is 10.1 Å². The molecule has 0 radical (unpaired) electrons. The molecule has 0 atom stereocenters. The molecule has 1 aliphatic rings. The van der Waals surface area contributed by atoms with Gasteiger partial charge in [-0.05, 0) is 51.9 Å². The summed E-state index contributed by atoms with van der Waals surface area (Å²) in [6, 6.07) is 0. The summed E-state index contributed by atoms with van der Waals surface area (Å²) in [5.74, 6) is 0. The zero-order valence-electron chi connectivity index (χ0n) is 11.6. The van der Waals surface area contributed by atoms with Crippen molar-refractivity contribution in [2.75, 3.05) is 20.3 Å². The molecule has 0 aliphatic heterocycles. The van der Waals surface area contributed by atoms with Gasteiger partial charge in [-0.25, -0.2) is 0 Å². The maximum absolute atomic E-state index is 5.11. The number of nitrogens with one attached hydrogen (secondary N) is 1. The van der Waals surface area contributed by atoms with Crippen LogP contribution in [0.3, 0.4) is 0 Å². The van der Waals surface area contributed by atoms with E-state index >= 15 is 0 Å². The molecule has 1 N–H and O–H groups in total. The first-order valence-electron chi connectivity index (χ1n) is 6.71. The predicted molar refractivity (Wildman–Crippen MR) is 69.8 cm³/mol. The Morgan fingerprint density at radius 3 is 2.31 bits per heavy atom. The molecule has 96 valence electrons. The van der Waals surface area contributed by atoms with Gasteiger partial charge in [0, 0.05) is 25.8 Å². The number of hydrogen-bond acceptors (Lipinski definition) is 2. The first-order valence-corrected chi connectivity index (χ1v) is 6.71. The minimum absolute atomic E-state index is 0.259. The topological polar surface area (TPSA) is 21.3 Å². The van der Waals surface area contributed by atoms with Crippen LogP contribution in [-0.2, 0) is 4.74 Å². The maximum Gasteiger partial charge on any atom is 0.0462 e. The molecular weight excluding hydrogens is 198 g/mol. The van der Waals surface area contributed by atoms with Crippen LogP contribution in [0.2, 0.25) is 0 Å². The zero-order valence-corrected chi connectivity index (χ0v) is 11.6. The van der Waals surface area contributed by atoms with Crippen LogP contribution in [0.25, 0.3) is 0 Å². The molecule has 2 nitrogen and oxygen atoms in total. The minimum atomic E-state index is 0.259. The second-order valence-electron chi connectivity index (χ2n) is 6.41. The molecule has 0 heterocycles. The highest BCUT2D eigenvalue weighted by Gasteiger charge is 2.36. The van der Waals surface area contributed by atoms with Crippen molar-refractivity contribution >= 4 is 0 Å². The van der Waals surface area contributed by atoms with Crippen molar-refractivity contribution < 1.29 is 4.74 Å². The fourth-order valence-corrected chi connectivity index (χ4v) is 2.39. The van der Waals surface area contributed by atoms with Crippen molar-refractivity contribution in [1.82, 2.24) is 5.32 Å². The Hall–Kier alpha value is -0.0800. The number of hydrogen-bond donors (Lipinski definition) is 1. The van der Waals surface area contributed by atoms with Gasteiger partial charge in [-0.15, -0.1) is 0 Å².